The number of hydrogen-bond donors (Lipinski definition) is 3. The number of rotatable bonds is 23. The summed E-state index contributed by atoms with van der Waals surface area (Å²) >= 11 is 12.2. The Bertz CT molecular complexity index is 3490. The Morgan fingerprint density at radius 2 is 1.08 bits per heavy atom. The van der Waals surface area contributed by atoms with Crippen LogP contribution in [0.2, 0.25) is 10.3 Å². The van der Waals surface area contributed by atoms with E-state index in [-0.39, 0.29) is 31.5 Å². The zero-order valence-corrected chi connectivity index (χ0v) is 52.1. The van der Waals surface area contributed by atoms with Crippen molar-refractivity contribution in [3.63, 3.8) is 0 Å². The normalized spacial score (nSPS) is 19.0. The first kappa shape index (κ1) is 63.1. The number of carboxylic acids is 1. The van der Waals surface area contributed by atoms with E-state index in [2.05, 4.69) is 76.6 Å². The van der Waals surface area contributed by atoms with Crippen molar-refractivity contribution in [2.24, 2.45) is 38.6 Å². The fourth-order valence-corrected chi connectivity index (χ4v) is 12.8. The van der Waals surface area contributed by atoms with Crippen LogP contribution >= 0.6 is 23.2 Å². The summed E-state index contributed by atoms with van der Waals surface area (Å²) in [4.78, 5) is 32.1. The standard InChI is InChI=1S/C29H39ClN6O4S.C15H16ClN3O3.C14H25N3O2S/c1-20-18-25(33-35(20)15-5-6-21-9-11-28(2,3)19-21)41(38,39)34-27(37)22-7-8-23(31-26(22)30)36-16-10-24(32-36)40-17-14-29(4)12-13-29;1-15(5-6-15)7-9-22-12-4-8-19(18-12)11-3-2-10(14(20)21)13(16)17-11;1-11-9-13(20(15,18)19)16-17(11)8-4-5-12-6-7-14(2,3)10-12/h7-8,10,16,18,21H,5-6,9,11-15,17,19H2,1-4H3,(H,34,37);2-4,8H,5-7,9H2,1H3,(H,20,21);9,12H,4-8,10H2,1-3H3,(H2,15,18,19). The second kappa shape index (κ2) is 25.8. The second-order valence-corrected chi connectivity index (χ2v) is 29.2. The van der Waals surface area contributed by atoms with Gasteiger partial charge in [-0.25, -0.2) is 42.4 Å². The molecule has 0 bridgehead atoms. The lowest BCUT2D eigenvalue weighted by molar-refractivity contribution is 0.0696. The molecule has 0 radical (unpaired) electrons. The average Bonchev–Trinajstić information content (AvgIpc) is 4.06. The number of ether oxygens (including phenoxy) is 2. The molecule has 1 amide bonds. The van der Waals surface area contributed by atoms with E-state index in [9.17, 15) is 26.4 Å². The van der Waals surface area contributed by atoms with Crippen LogP contribution in [0.4, 0.5) is 0 Å². The molecule has 0 aromatic carbocycles. The first-order valence-corrected chi connectivity index (χ1v) is 32.4. The van der Waals surface area contributed by atoms with E-state index in [1.807, 2.05) is 13.8 Å². The molecular formula is C58H80Cl2N12O9S2. The number of nitrogens with zero attached hydrogens (tertiary/aromatic N) is 10. The molecule has 4 aliphatic rings. The highest BCUT2D eigenvalue weighted by Gasteiger charge is 2.38. The van der Waals surface area contributed by atoms with Gasteiger partial charge in [0.25, 0.3) is 26.0 Å². The van der Waals surface area contributed by atoms with Crippen molar-refractivity contribution in [2.45, 2.75) is 181 Å². The third kappa shape index (κ3) is 17.8. The van der Waals surface area contributed by atoms with Crippen molar-refractivity contribution < 1.29 is 41.0 Å². The van der Waals surface area contributed by atoms with Crippen LogP contribution in [0.3, 0.4) is 0 Å². The van der Waals surface area contributed by atoms with Gasteiger partial charge in [-0.05, 0) is 180 Å². The van der Waals surface area contributed by atoms with E-state index in [1.54, 1.807) is 46.0 Å². The van der Waals surface area contributed by atoms with Crippen molar-refractivity contribution in [1.29, 1.82) is 0 Å². The van der Waals surface area contributed by atoms with E-state index < -0.39 is 31.9 Å². The Morgan fingerprint density at radius 1 is 0.651 bits per heavy atom. The number of aryl methyl sites for hydroxylation is 4. The summed E-state index contributed by atoms with van der Waals surface area (Å²) in [7, 11) is -7.90. The molecule has 6 heterocycles. The van der Waals surface area contributed by atoms with Gasteiger partial charge in [0, 0.05) is 55.1 Å². The quantitative estimate of drug-likeness (QED) is 0.0503. The van der Waals surface area contributed by atoms with Gasteiger partial charge < -0.3 is 14.6 Å². The minimum Gasteiger partial charge on any atom is -0.478 e. The van der Waals surface area contributed by atoms with E-state index >= 15 is 0 Å². The van der Waals surface area contributed by atoms with Crippen LogP contribution < -0.4 is 19.3 Å². The molecule has 4 aliphatic carbocycles. The van der Waals surface area contributed by atoms with Gasteiger partial charge in [-0.2, -0.15) is 18.6 Å². The van der Waals surface area contributed by atoms with Crippen LogP contribution in [0.5, 0.6) is 11.8 Å². The van der Waals surface area contributed by atoms with E-state index in [0.29, 0.717) is 70.7 Å². The van der Waals surface area contributed by atoms with Gasteiger partial charge >= 0.3 is 5.97 Å². The maximum atomic E-state index is 13.0. The molecule has 6 aromatic heterocycles. The first-order valence-electron chi connectivity index (χ1n) is 28.6. The van der Waals surface area contributed by atoms with Crippen LogP contribution in [0.15, 0.2) is 71.0 Å². The molecule has 25 heteroatoms. The summed E-state index contributed by atoms with van der Waals surface area (Å²) in [5.41, 5.74) is 3.21. The summed E-state index contributed by atoms with van der Waals surface area (Å²) in [5, 5.41) is 30.6. The molecule has 83 heavy (non-hydrogen) atoms. The van der Waals surface area contributed by atoms with Crippen LogP contribution in [-0.4, -0.2) is 96.1 Å². The largest absolute Gasteiger partial charge is 0.478 e. The number of nitrogens with one attached hydrogen (secondary N) is 1. The van der Waals surface area contributed by atoms with Crippen molar-refractivity contribution in [3.8, 4) is 23.4 Å². The van der Waals surface area contributed by atoms with Gasteiger partial charge in [-0.1, -0.05) is 64.7 Å². The third-order valence-corrected chi connectivity index (χ3v) is 19.2. The molecule has 6 aromatic rings. The molecule has 2 atom stereocenters. The van der Waals surface area contributed by atoms with Gasteiger partial charge in [0.2, 0.25) is 11.8 Å². The number of hydrogen-bond acceptors (Lipinski definition) is 14. The summed E-state index contributed by atoms with van der Waals surface area (Å²) in [6, 6.07) is 12.4. The number of sulfonamides is 2. The number of carbonyl (C=O) groups excluding carboxylic acids is 1. The minimum atomic E-state index is -4.21. The highest BCUT2D eigenvalue weighted by molar-refractivity contribution is 7.90. The topological polar surface area (TPSA) is 276 Å². The molecule has 4 fully saturated rings. The Morgan fingerprint density at radius 3 is 1.47 bits per heavy atom. The van der Waals surface area contributed by atoms with E-state index in [1.165, 1.54) is 104 Å². The third-order valence-electron chi connectivity index (χ3n) is 16.7. The van der Waals surface area contributed by atoms with Gasteiger partial charge in [-0.15, -0.1) is 10.2 Å². The molecule has 4 saturated carbocycles. The summed E-state index contributed by atoms with van der Waals surface area (Å²) in [6.07, 6.45) is 22.3. The molecular weight excluding hydrogens is 1140 g/mol. The number of pyridine rings is 2. The maximum absolute atomic E-state index is 13.0. The molecule has 10 rings (SSSR count). The average molecular weight is 1220 g/mol. The van der Waals surface area contributed by atoms with Gasteiger partial charge in [-0.3, -0.25) is 14.2 Å². The van der Waals surface area contributed by atoms with Crippen molar-refractivity contribution >= 4 is 55.1 Å². The number of halogens is 2. The zero-order chi connectivity index (χ0) is 60.1. The number of primary sulfonamides is 1. The van der Waals surface area contributed by atoms with Gasteiger partial charge in [0.15, 0.2) is 21.7 Å². The highest BCUT2D eigenvalue weighted by atomic mass is 35.5. The number of nitrogens with two attached hydrogens (primary N) is 1. The van der Waals surface area contributed by atoms with Crippen LogP contribution in [0.1, 0.15) is 176 Å². The summed E-state index contributed by atoms with van der Waals surface area (Å²) in [6.45, 7) is 20.1. The zero-order valence-electron chi connectivity index (χ0n) is 48.9. The smallest absolute Gasteiger partial charge is 0.338 e. The number of carbonyl (C=O) groups is 2. The van der Waals surface area contributed by atoms with Gasteiger partial charge in [0.1, 0.15) is 10.3 Å². The Balaban J connectivity index is 0.000000180. The number of aromatic nitrogens is 10. The molecule has 0 aliphatic heterocycles. The molecule has 452 valence electrons. The van der Waals surface area contributed by atoms with E-state index in [0.717, 1.165) is 56.0 Å². The van der Waals surface area contributed by atoms with Crippen molar-refractivity contribution in [3.05, 3.63) is 93.7 Å². The fraction of sp³-hybridized carbons (Fsp3) is 0.586. The van der Waals surface area contributed by atoms with Crippen LogP contribution in [0, 0.1) is 47.3 Å². The lowest BCUT2D eigenvalue weighted by Crippen LogP contribution is -2.31. The lowest BCUT2D eigenvalue weighted by Gasteiger charge is -2.17. The van der Waals surface area contributed by atoms with E-state index in [4.69, 9.17) is 42.9 Å². The number of aromatic carboxylic acids is 1. The van der Waals surface area contributed by atoms with Crippen molar-refractivity contribution in [1.82, 2.24) is 53.8 Å². The minimum absolute atomic E-state index is 0.0306. The SMILES string of the molecule is CC1(CCOc2ccn(-c3ccc(C(=O)O)c(Cl)n3)n2)CC1.Cc1cc(S(=O)(=O)NC(=O)c2ccc(-n3ccc(OCCC4(C)CC4)n3)nc2Cl)nn1CCCC1CCC(C)(C)C1.Cc1cc(S(N)(=O)=O)nn1CCCC1CCC(C)(C)C1. The molecule has 4 N–H and O–H groups in total. The molecule has 2 unspecified atom stereocenters. The number of carboxylic acid groups (broad SMARTS) is 1. The number of amides is 1. The van der Waals surface area contributed by atoms with Gasteiger partial charge in [0.05, 0.1) is 24.3 Å². The fourth-order valence-electron chi connectivity index (χ4n) is 10.8. The Hall–Kier alpha value is -5.88. The Kier molecular flexibility index (Phi) is 19.6. The van der Waals surface area contributed by atoms with Crippen molar-refractivity contribution in [2.75, 3.05) is 13.2 Å². The summed E-state index contributed by atoms with van der Waals surface area (Å²) in [5.74, 6) is 1.32. The summed E-state index contributed by atoms with van der Waals surface area (Å²) < 4.78 is 68.4. The monoisotopic (exact) mass is 1220 g/mol. The highest BCUT2D eigenvalue weighted by Crippen LogP contribution is 2.49. The maximum Gasteiger partial charge on any atom is 0.338 e. The molecule has 21 nitrogen and oxygen atoms in total. The van der Waals surface area contributed by atoms with Crippen LogP contribution in [0.25, 0.3) is 11.6 Å². The predicted molar refractivity (Wildman–Crippen MR) is 315 cm³/mol. The molecule has 0 saturated heterocycles. The second-order valence-electron chi connectivity index (χ2n) is 25.3. The van der Waals surface area contributed by atoms with Crippen LogP contribution in [-0.2, 0) is 33.1 Å². The predicted octanol–water partition coefficient (Wildman–Crippen LogP) is 11.4. The first-order chi connectivity index (χ1) is 39.0. The molecule has 0 spiro atoms. The Labute approximate surface area is 497 Å². The lowest BCUT2D eigenvalue weighted by atomic mass is 9.89.